The normalized spacial score (nSPS) is 23.9. The van der Waals surface area contributed by atoms with Gasteiger partial charge in [-0.05, 0) is 47.5 Å². The Hall–Kier alpha value is -0.570. The summed E-state index contributed by atoms with van der Waals surface area (Å²) in [6.07, 6.45) is 2.10. The third kappa shape index (κ3) is 2.65. The fourth-order valence-corrected chi connectivity index (χ4v) is 2.66. The summed E-state index contributed by atoms with van der Waals surface area (Å²) in [4.78, 5) is 14.5. The molecule has 3 nitrogen and oxygen atoms in total. The maximum Gasteiger partial charge on any atom is 0.242 e. The number of carbonyl (C=O) groups is 1. The zero-order valence-corrected chi connectivity index (χ0v) is 12.5. The van der Waals surface area contributed by atoms with Gasteiger partial charge >= 0.3 is 0 Å². The van der Waals surface area contributed by atoms with Crippen LogP contribution in [0.4, 0.5) is 0 Å². The molecule has 0 spiro atoms. The predicted molar refractivity (Wildman–Crippen MR) is 72.0 cm³/mol. The second-order valence-corrected chi connectivity index (χ2v) is 6.80. The van der Waals surface area contributed by atoms with Crippen molar-refractivity contribution in [2.75, 3.05) is 6.54 Å². The number of rotatable bonds is 2. The average molecular weight is 240 g/mol. The molecular weight excluding hydrogens is 212 g/mol. The molecule has 3 heteroatoms. The summed E-state index contributed by atoms with van der Waals surface area (Å²) in [5.74, 6) is 0.211. The molecule has 0 aromatic heterocycles. The average Bonchev–Trinajstić information content (AvgIpc) is 2.20. The Kier molecular flexibility index (Phi) is 3.64. The van der Waals surface area contributed by atoms with E-state index in [1.165, 1.54) is 0 Å². The van der Waals surface area contributed by atoms with Crippen molar-refractivity contribution in [3.8, 4) is 0 Å². The van der Waals surface area contributed by atoms with Crippen molar-refractivity contribution >= 4 is 5.91 Å². The van der Waals surface area contributed by atoms with E-state index in [0.29, 0.717) is 0 Å². The second kappa shape index (κ2) is 4.27. The highest BCUT2D eigenvalue weighted by Crippen LogP contribution is 2.31. The minimum Gasteiger partial charge on any atom is -0.334 e. The molecule has 1 N–H and O–H groups in total. The highest BCUT2D eigenvalue weighted by atomic mass is 16.2. The van der Waals surface area contributed by atoms with E-state index in [9.17, 15) is 4.79 Å². The van der Waals surface area contributed by atoms with Crippen LogP contribution in [0.15, 0.2) is 0 Å². The molecule has 0 radical (unpaired) electrons. The lowest BCUT2D eigenvalue weighted by atomic mass is 9.82. The van der Waals surface area contributed by atoms with Crippen molar-refractivity contribution < 1.29 is 4.79 Å². The molecule has 0 unspecified atom stereocenters. The summed E-state index contributed by atoms with van der Waals surface area (Å²) in [6.45, 7) is 15.5. The van der Waals surface area contributed by atoms with Gasteiger partial charge in [0.1, 0.15) is 0 Å². The molecule has 1 rings (SSSR count). The van der Waals surface area contributed by atoms with Gasteiger partial charge in [0.25, 0.3) is 0 Å². The fourth-order valence-electron chi connectivity index (χ4n) is 2.66. The standard InChI is InChI=1S/C14H28N2O/c1-8-14(9-2)10-16(12(3,4)5)11(17)13(6,7)15-14/h15H,8-10H2,1-7H3. The van der Waals surface area contributed by atoms with Crippen LogP contribution in [0.3, 0.4) is 0 Å². The third-order valence-corrected chi connectivity index (χ3v) is 3.98. The Morgan fingerprint density at radius 1 is 1.24 bits per heavy atom. The van der Waals surface area contributed by atoms with Gasteiger partial charge < -0.3 is 4.90 Å². The first-order chi connectivity index (χ1) is 7.58. The van der Waals surface area contributed by atoms with Crippen LogP contribution < -0.4 is 5.32 Å². The molecule has 17 heavy (non-hydrogen) atoms. The van der Waals surface area contributed by atoms with E-state index in [1.54, 1.807) is 0 Å². The number of nitrogens with one attached hydrogen (secondary N) is 1. The van der Waals surface area contributed by atoms with Crippen molar-refractivity contribution in [3.63, 3.8) is 0 Å². The zero-order chi connectivity index (χ0) is 13.5. The minimum absolute atomic E-state index is 0.0602. The Labute approximate surface area is 106 Å². The molecule has 1 amide bonds. The molecule has 0 bridgehead atoms. The van der Waals surface area contributed by atoms with E-state index in [1.807, 2.05) is 18.7 Å². The number of amides is 1. The Balaban J connectivity index is 3.12. The number of hydrogen-bond donors (Lipinski definition) is 1. The predicted octanol–water partition coefficient (Wildman–Crippen LogP) is 2.55. The Morgan fingerprint density at radius 2 is 1.71 bits per heavy atom. The molecule has 1 heterocycles. The topological polar surface area (TPSA) is 32.3 Å². The van der Waals surface area contributed by atoms with Crippen LogP contribution in [0.2, 0.25) is 0 Å². The Bertz CT molecular complexity index is 298. The SMILES string of the molecule is CCC1(CC)CN(C(C)(C)C)C(=O)C(C)(C)N1. The first kappa shape index (κ1) is 14.5. The van der Waals surface area contributed by atoms with Crippen LogP contribution in [-0.4, -0.2) is 34.0 Å². The first-order valence-electron chi connectivity index (χ1n) is 6.69. The van der Waals surface area contributed by atoms with Crippen LogP contribution in [0.5, 0.6) is 0 Å². The molecule has 1 aliphatic rings. The van der Waals surface area contributed by atoms with E-state index < -0.39 is 5.54 Å². The van der Waals surface area contributed by atoms with E-state index in [2.05, 4.69) is 39.9 Å². The van der Waals surface area contributed by atoms with Crippen molar-refractivity contribution in [2.45, 2.75) is 77.9 Å². The quantitative estimate of drug-likeness (QED) is 0.804. The van der Waals surface area contributed by atoms with Gasteiger partial charge in [-0.1, -0.05) is 13.8 Å². The lowest BCUT2D eigenvalue weighted by Crippen LogP contribution is -2.73. The second-order valence-electron chi connectivity index (χ2n) is 6.80. The van der Waals surface area contributed by atoms with Crippen LogP contribution in [-0.2, 0) is 4.79 Å². The monoisotopic (exact) mass is 240 g/mol. The van der Waals surface area contributed by atoms with Gasteiger partial charge in [0.15, 0.2) is 0 Å². The summed E-state index contributed by atoms with van der Waals surface area (Å²) in [5, 5.41) is 3.57. The van der Waals surface area contributed by atoms with E-state index >= 15 is 0 Å². The van der Waals surface area contributed by atoms with Gasteiger partial charge in [-0.15, -0.1) is 0 Å². The smallest absolute Gasteiger partial charge is 0.242 e. The largest absolute Gasteiger partial charge is 0.334 e. The van der Waals surface area contributed by atoms with Gasteiger partial charge in [-0.25, -0.2) is 0 Å². The first-order valence-corrected chi connectivity index (χ1v) is 6.69. The minimum atomic E-state index is -0.461. The maximum absolute atomic E-state index is 12.5. The molecule has 1 saturated heterocycles. The summed E-state index contributed by atoms with van der Waals surface area (Å²) in [5.41, 5.74) is -0.506. The van der Waals surface area contributed by atoms with Crippen LogP contribution in [0, 0.1) is 0 Å². The number of hydrogen-bond acceptors (Lipinski definition) is 2. The van der Waals surface area contributed by atoms with E-state index in [-0.39, 0.29) is 17.0 Å². The maximum atomic E-state index is 12.5. The van der Waals surface area contributed by atoms with Gasteiger partial charge in [0, 0.05) is 17.6 Å². The zero-order valence-electron chi connectivity index (χ0n) is 12.5. The van der Waals surface area contributed by atoms with Gasteiger partial charge in [-0.2, -0.15) is 0 Å². The molecule has 0 saturated carbocycles. The highest BCUT2D eigenvalue weighted by Gasteiger charge is 2.48. The van der Waals surface area contributed by atoms with Crippen molar-refractivity contribution in [2.24, 2.45) is 0 Å². The van der Waals surface area contributed by atoms with Gasteiger partial charge in [-0.3, -0.25) is 10.1 Å². The van der Waals surface area contributed by atoms with E-state index in [4.69, 9.17) is 0 Å². The van der Waals surface area contributed by atoms with Crippen LogP contribution >= 0.6 is 0 Å². The number of carbonyl (C=O) groups excluding carboxylic acids is 1. The third-order valence-electron chi connectivity index (χ3n) is 3.98. The molecule has 1 aliphatic heterocycles. The lowest BCUT2D eigenvalue weighted by molar-refractivity contribution is -0.151. The van der Waals surface area contributed by atoms with Crippen molar-refractivity contribution in [3.05, 3.63) is 0 Å². The van der Waals surface area contributed by atoms with Crippen molar-refractivity contribution in [1.29, 1.82) is 0 Å². The Morgan fingerprint density at radius 3 is 2.06 bits per heavy atom. The molecular formula is C14H28N2O. The molecule has 1 fully saturated rings. The molecule has 0 atom stereocenters. The van der Waals surface area contributed by atoms with Crippen molar-refractivity contribution in [1.82, 2.24) is 10.2 Å². The molecule has 100 valence electrons. The summed E-state index contributed by atoms with van der Waals surface area (Å²) < 4.78 is 0. The number of piperazine rings is 1. The van der Waals surface area contributed by atoms with E-state index in [0.717, 1.165) is 19.4 Å². The number of nitrogens with zero attached hydrogens (tertiary/aromatic N) is 1. The lowest BCUT2D eigenvalue weighted by Gasteiger charge is -2.54. The summed E-state index contributed by atoms with van der Waals surface area (Å²) >= 11 is 0. The highest BCUT2D eigenvalue weighted by molar-refractivity contribution is 5.87. The molecule has 0 aliphatic carbocycles. The fraction of sp³-hybridized carbons (Fsp3) is 0.929. The van der Waals surface area contributed by atoms with Crippen LogP contribution in [0.25, 0.3) is 0 Å². The van der Waals surface area contributed by atoms with Crippen LogP contribution in [0.1, 0.15) is 61.3 Å². The van der Waals surface area contributed by atoms with Gasteiger partial charge in [0.05, 0.1) is 5.54 Å². The van der Waals surface area contributed by atoms with Gasteiger partial charge in [0.2, 0.25) is 5.91 Å². The molecule has 0 aromatic rings. The summed E-state index contributed by atoms with van der Waals surface area (Å²) in [6, 6.07) is 0. The summed E-state index contributed by atoms with van der Waals surface area (Å²) in [7, 11) is 0. The molecule has 0 aromatic carbocycles.